The molecule has 0 spiro atoms. The third-order valence-corrected chi connectivity index (χ3v) is 6.08. The number of halogens is 4. The molecular formula is C26H25F4N5O. The molecule has 188 valence electrons. The lowest BCUT2D eigenvalue weighted by Gasteiger charge is -2.26. The second-order valence-corrected chi connectivity index (χ2v) is 8.49. The largest absolute Gasteiger partial charge is 0.423 e. The van der Waals surface area contributed by atoms with Gasteiger partial charge in [-0.3, -0.25) is 4.99 Å². The van der Waals surface area contributed by atoms with Crippen molar-refractivity contribution in [1.29, 1.82) is 0 Å². The van der Waals surface area contributed by atoms with Crippen LogP contribution in [0.1, 0.15) is 44.1 Å². The fourth-order valence-electron chi connectivity index (χ4n) is 4.02. The summed E-state index contributed by atoms with van der Waals surface area (Å²) in [6.45, 7) is 5.74. The Morgan fingerprint density at radius 1 is 1.06 bits per heavy atom. The van der Waals surface area contributed by atoms with Gasteiger partial charge in [-0.15, -0.1) is 5.10 Å². The molecule has 0 aliphatic carbocycles. The van der Waals surface area contributed by atoms with E-state index in [0.29, 0.717) is 17.8 Å². The van der Waals surface area contributed by atoms with E-state index >= 15 is 0 Å². The molecule has 2 heterocycles. The van der Waals surface area contributed by atoms with Crippen LogP contribution < -0.4 is 0 Å². The number of fused-ring (bicyclic) bond motifs is 1. The minimum absolute atomic E-state index is 0.125. The number of hydrogen-bond acceptors (Lipinski definition) is 5. The Morgan fingerprint density at radius 3 is 2.42 bits per heavy atom. The van der Waals surface area contributed by atoms with Crippen LogP contribution in [0.2, 0.25) is 0 Å². The number of aliphatic hydroxyl groups is 1. The van der Waals surface area contributed by atoms with Gasteiger partial charge in [-0.05, 0) is 61.2 Å². The van der Waals surface area contributed by atoms with Gasteiger partial charge >= 0.3 is 6.18 Å². The summed E-state index contributed by atoms with van der Waals surface area (Å²) >= 11 is 0. The Hall–Kier alpha value is -3.66. The monoisotopic (exact) mass is 499 g/mol. The lowest BCUT2D eigenvalue weighted by Crippen LogP contribution is -2.42. The molecule has 0 radical (unpaired) electrons. The van der Waals surface area contributed by atoms with Gasteiger partial charge in [0.1, 0.15) is 11.5 Å². The highest BCUT2D eigenvalue weighted by Gasteiger charge is 2.55. The molecule has 0 saturated heterocycles. The van der Waals surface area contributed by atoms with Crippen LogP contribution in [-0.4, -0.2) is 43.5 Å². The van der Waals surface area contributed by atoms with Gasteiger partial charge in [0.15, 0.2) is 0 Å². The van der Waals surface area contributed by atoms with Gasteiger partial charge in [0.25, 0.3) is 0 Å². The van der Waals surface area contributed by atoms with Crippen LogP contribution in [0.25, 0.3) is 22.0 Å². The average Bonchev–Trinajstić information content (AvgIpc) is 3.31. The maximum absolute atomic E-state index is 13.5. The molecule has 36 heavy (non-hydrogen) atoms. The van der Waals surface area contributed by atoms with Crippen molar-refractivity contribution in [2.24, 2.45) is 4.99 Å². The van der Waals surface area contributed by atoms with E-state index in [9.17, 15) is 22.7 Å². The van der Waals surface area contributed by atoms with Crippen molar-refractivity contribution in [2.45, 2.75) is 45.5 Å². The van der Waals surface area contributed by atoms with Gasteiger partial charge in [0.2, 0.25) is 5.60 Å². The third kappa shape index (κ3) is 4.86. The quantitative estimate of drug-likeness (QED) is 0.263. The van der Waals surface area contributed by atoms with Crippen molar-refractivity contribution in [3.63, 3.8) is 0 Å². The molecule has 2 aromatic carbocycles. The Bertz CT molecular complexity index is 1410. The van der Waals surface area contributed by atoms with E-state index in [1.54, 1.807) is 12.1 Å². The standard InChI is InChI=1S/C26H25F4N5O/c1-4-25(36,26(28,29)30)24-15-35(34-33-24)14-17-6-11-20-21(18-7-9-19(27)10-8-18)13-22(16(3)31-5-2)32-23(20)12-17/h6-13,15,36H,4-5,14H2,1-3H3. The van der Waals surface area contributed by atoms with E-state index in [0.717, 1.165) is 34.0 Å². The fourth-order valence-corrected chi connectivity index (χ4v) is 4.02. The molecule has 1 N–H and O–H groups in total. The maximum Gasteiger partial charge on any atom is 0.423 e. The second-order valence-electron chi connectivity index (χ2n) is 8.49. The first-order valence-corrected chi connectivity index (χ1v) is 11.5. The first kappa shape index (κ1) is 25.4. The molecule has 2 aromatic heterocycles. The van der Waals surface area contributed by atoms with Gasteiger partial charge in [-0.1, -0.05) is 36.4 Å². The molecular weight excluding hydrogens is 474 g/mol. The summed E-state index contributed by atoms with van der Waals surface area (Å²) in [5.41, 5.74) is 0.848. The summed E-state index contributed by atoms with van der Waals surface area (Å²) in [5, 5.41) is 18.4. The van der Waals surface area contributed by atoms with Crippen LogP contribution in [0.5, 0.6) is 0 Å². The zero-order chi connectivity index (χ0) is 26.1. The SMILES string of the molecule is CCN=C(C)c1cc(-c2ccc(F)cc2)c2ccc(Cn3cc(C(O)(CC)C(F)(F)F)nn3)cc2n1. The third-order valence-electron chi connectivity index (χ3n) is 6.08. The van der Waals surface area contributed by atoms with Gasteiger partial charge in [-0.25, -0.2) is 14.1 Å². The van der Waals surface area contributed by atoms with Gasteiger partial charge < -0.3 is 5.11 Å². The number of nitrogens with zero attached hydrogens (tertiary/aromatic N) is 5. The first-order valence-electron chi connectivity index (χ1n) is 11.5. The average molecular weight is 500 g/mol. The van der Waals surface area contributed by atoms with E-state index in [-0.39, 0.29) is 12.4 Å². The van der Waals surface area contributed by atoms with Crippen molar-refractivity contribution in [3.05, 3.63) is 77.5 Å². The Morgan fingerprint density at radius 2 is 1.78 bits per heavy atom. The van der Waals surface area contributed by atoms with E-state index in [1.165, 1.54) is 23.7 Å². The zero-order valence-corrected chi connectivity index (χ0v) is 20.0. The predicted octanol–water partition coefficient (Wildman–Crippen LogP) is 5.67. The number of benzene rings is 2. The van der Waals surface area contributed by atoms with Crippen molar-refractivity contribution in [3.8, 4) is 11.1 Å². The highest BCUT2D eigenvalue weighted by Crippen LogP contribution is 2.40. The van der Waals surface area contributed by atoms with Crippen LogP contribution in [0.15, 0.2) is 59.7 Å². The fraction of sp³-hybridized carbons (Fsp3) is 0.308. The van der Waals surface area contributed by atoms with Crippen LogP contribution in [0, 0.1) is 5.82 Å². The molecule has 0 saturated carbocycles. The molecule has 4 aromatic rings. The molecule has 4 rings (SSSR count). The smallest absolute Gasteiger partial charge is 0.375 e. The van der Waals surface area contributed by atoms with Crippen LogP contribution >= 0.6 is 0 Å². The molecule has 0 amide bonds. The number of hydrogen-bond donors (Lipinski definition) is 1. The van der Waals surface area contributed by atoms with Crippen molar-refractivity contribution in [1.82, 2.24) is 20.0 Å². The van der Waals surface area contributed by atoms with Crippen LogP contribution in [0.3, 0.4) is 0 Å². The maximum atomic E-state index is 13.5. The lowest BCUT2D eigenvalue weighted by molar-refractivity contribution is -0.269. The number of pyridine rings is 1. The molecule has 0 aliphatic rings. The molecule has 0 aliphatic heterocycles. The summed E-state index contributed by atoms with van der Waals surface area (Å²) in [6, 6.07) is 13.6. The number of rotatable bonds is 7. The van der Waals surface area contributed by atoms with Gasteiger partial charge in [-0.2, -0.15) is 13.2 Å². The number of aromatic nitrogens is 4. The predicted molar refractivity (Wildman–Crippen MR) is 129 cm³/mol. The lowest BCUT2D eigenvalue weighted by atomic mass is 9.96. The molecule has 10 heteroatoms. The minimum Gasteiger partial charge on any atom is -0.375 e. The molecule has 1 unspecified atom stereocenters. The Labute approximate surface area is 205 Å². The summed E-state index contributed by atoms with van der Waals surface area (Å²) in [7, 11) is 0. The van der Waals surface area contributed by atoms with Crippen molar-refractivity contribution in [2.75, 3.05) is 6.54 Å². The number of alkyl halides is 3. The first-order chi connectivity index (χ1) is 17.1. The molecule has 0 bridgehead atoms. The van der Waals surface area contributed by atoms with E-state index in [1.807, 2.05) is 38.1 Å². The summed E-state index contributed by atoms with van der Waals surface area (Å²) in [4.78, 5) is 9.20. The molecule has 6 nitrogen and oxygen atoms in total. The summed E-state index contributed by atoms with van der Waals surface area (Å²) < 4.78 is 55.0. The number of aliphatic imine (C=N–C) groups is 1. The van der Waals surface area contributed by atoms with Crippen molar-refractivity contribution < 1.29 is 22.7 Å². The van der Waals surface area contributed by atoms with E-state index in [4.69, 9.17) is 4.98 Å². The summed E-state index contributed by atoms with van der Waals surface area (Å²) in [6.07, 6.45) is -4.35. The minimum atomic E-state index is -4.87. The Kier molecular flexibility index (Phi) is 6.90. The topological polar surface area (TPSA) is 76.2 Å². The zero-order valence-electron chi connectivity index (χ0n) is 20.0. The Balaban J connectivity index is 1.75. The molecule has 1 atom stereocenters. The van der Waals surface area contributed by atoms with E-state index in [2.05, 4.69) is 15.3 Å². The van der Waals surface area contributed by atoms with Crippen molar-refractivity contribution >= 4 is 16.6 Å². The van der Waals surface area contributed by atoms with Gasteiger partial charge in [0, 0.05) is 11.9 Å². The second kappa shape index (κ2) is 9.77. The highest BCUT2D eigenvalue weighted by atomic mass is 19.4. The van der Waals surface area contributed by atoms with Gasteiger partial charge in [0.05, 0.1) is 29.7 Å². The highest BCUT2D eigenvalue weighted by molar-refractivity contribution is 6.03. The van der Waals surface area contributed by atoms with E-state index < -0.39 is 23.9 Å². The normalized spacial score (nSPS) is 14.3. The summed E-state index contributed by atoms with van der Waals surface area (Å²) in [5.74, 6) is -0.337. The molecule has 0 fully saturated rings. The van der Waals surface area contributed by atoms with Crippen LogP contribution in [0.4, 0.5) is 17.6 Å². The van der Waals surface area contributed by atoms with Crippen LogP contribution in [-0.2, 0) is 12.1 Å².